The number of carboxylic acids is 1. The van der Waals surface area contributed by atoms with Crippen molar-refractivity contribution in [3.05, 3.63) is 42.5 Å². The van der Waals surface area contributed by atoms with E-state index in [9.17, 15) is 9.36 Å². The summed E-state index contributed by atoms with van der Waals surface area (Å²) in [6.45, 7) is 1.36. The smallest absolute Gasteiger partial charge is 0.324 e. The fourth-order valence-electron chi connectivity index (χ4n) is 1.75. The zero-order valence-corrected chi connectivity index (χ0v) is 12.4. The lowest BCUT2D eigenvalue weighted by Gasteiger charge is -2.23. The average Bonchev–Trinajstić information content (AvgIpc) is 2.43. The minimum Gasteiger partial charge on any atom is -0.480 e. The van der Waals surface area contributed by atoms with Crippen molar-refractivity contribution in [1.82, 2.24) is 4.83 Å². The van der Waals surface area contributed by atoms with Crippen molar-refractivity contribution in [3.8, 4) is 5.75 Å². The molecule has 2 unspecified atom stereocenters. The van der Waals surface area contributed by atoms with Gasteiger partial charge in [0.1, 0.15) is 6.04 Å². The highest BCUT2D eigenvalue weighted by Gasteiger charge is 2.27. The van der Waals surface area contributed by atoms with Gasteiger partial charge in [-0.2, -0.15) is 0 Å². The van der Waals surface area contributed by atoms with Gasteiger partial charge in [-0.25, -0.2) is 0 Å². The van der Waals surface area contributed by atoms with E-state index in [0.717, 1.165) is 15.6 Å². The molecule has 0 saturated heterocycles. The molecule has 0 aliphatic carbocycles. The molecule has 0 aliphatic heterocycles. The molecule has 2 aromatic carbocycles. The number of rotatable bonds is 5. The lowest BCUT2D eigenvalue weighted by Crippen LogP contribution is -2.35. The van der Waals surface area contributed by atoms with Gasteiger partial charge in [0.05, 0.1) is 0 Å². The third kappa shape index (κ3) is 3.12. The molecule has 0 radical (unpaired) electrons. The molecule has 0 heterocycles. The van der Waals surface area contributed by atoms with Gasteiger partial charge in [-0.15, -0.1) is 0 Å². The Hall–Kier alpha value is -1.55. The van der Waals surface area contributed by atoms with Crippen LogP contribution in [0.25, 0.3) is 10.8 Å². The second-order valence-corrected chi connectivity index (χ2v) is 6.08. The Bertz CT molecular complexity index is 658. The molecule has 106 valence electrons. The lowest BCUT2D eigenvalue weighted by molar-refractivity contribution is -0.147. The molecule has 0 aliphatic rings. The first kappa shape index (κ1) is 14.9. The maximum Gasteiger partial charge on any atom is 0.324 e. The van der Waals surface area contributed by atoms with E-state index < -0.39 is 19.3 Å². The molecule has 0 bridgehead atoms. The molecule has 20 heavy (non-hydrogen) atoms. The predicted octanol–water partition coefficient (Wildman–Crippen LogP) is 3.54. The minimum absolute atomic E-state index is 0.412. The first-order valence-corrected chi connectivity index (χ1v) is 8.24. The number of aliphatic carboxylic acids is 1. The number of fused-ring (bicyclic) bond motifs is 1. The Balaban J connectivity index is 2.39. The van der Waals surface area contributed by atoms with Gasteiger partial charge in [0, 0.05) is 5.39 Å². The van der Waals surface area contributed by atoms with Crippen LogP contribution in [0, 0.1) is 0 Å². The van der Waals surface area contributed by atoms with Crippen molar-refractivity contribution in [3.63, 3.8) is 0 Å². The second kappa shape index (κ2) is 6.27. The normalized spacial score (nSPS) is 14.2. The number of carbonyl (C=O) groups is 1. The quantitative estimate of drug-likeness (QED) is 0.675. The molecule has 1 N–H and O–H groups in total. The van der Waals surface area contributed by atoms with Gasteiger partial charge in [-0.05, 0) is 29.6 Å². The molecular formula is C13H13ClNO4P. The number of benzene rings is 2. The number of hydroxylamine groups is 1. The molecule has 2 atom stereocenters. The monoisotopic (exact) mass is 313 g/mol. The molecule has 0 amide bonds. The van der Waals surface area contributed by atoms with E-state index in [1.807, 2.05) is 30.3 Å². The summed E-state index contributed by atoms with van der Waals surface area (Å²) in [5, 5.41) is 10.7. The Kier molecular flexibility index (Phi) is 4.65. The van der Waals surface area contributed by atoms with E-state index in [2.05, 4.69) is 0 Å². The van der Waals surface area contributed by atoms with Crippen LogP contribution in [0.4, 0.5) is 0 Å². The van der Waals surface area contributed by atoms with Gasteiger partial charge in [0.25, 0.3) is 7.30 Å². The fraction of sp³-hybridized carbons (Fsp3) is 0.154. The predicted molar refractivity (Wildman–Crippen MR) is 78.4 cm³/mol. The summed E-state index contributed by atoms with van der Waals surface area (Å²) in [6, 6.07) is 11.7. The summed E-state index contributed by atoms with van der Waals surface area (Å²) < 4.78 is 11.5. The number of nitrogens with zero attached hydrogens (tertiary/aromatic N) is 1. The molecular weight excluding hydrogens is 301 g/mol. The first-order chi connectivity index (χ1) is 9.50. The lowest BCUT2D eigenvalue weighted by atomic mass is 10.1. The molecule has 2 aromatic rings. The number of hydrogen-bond acceptors (Lipinski definition) is 3. The Labute approximate surface area is 121 Å². The molecule has 2 rings (SSSR count). The van der Waals surface area contributed by atoms with E-state index in [4.69, 9.17) is 21.2 Å². The SMILES string of the molecule is CC(C(=O)O)N(Oc1cccc2ccccc12)[PH](=O)Cl. The standard InChI is InChI=1S/C13H13ClNO4P/c1-9(13(16)17)15(20(14)18)19-12-8-4-6-10-5-2-3-7-11(10)12/h2-9,20H,1H3,(H,16,17). The van der Waals surface area contributed by atoms with Crippen LogP contribution in [0.2, 0.25) is 0 Å². The summed E-state index contributed by atoms with van der Waals surface area (Å²) in [7, 11) is -2.83. The summed E-state index contributed by atoms with van der Waals surface area (Å²) in [5.74, 6) is -0.751. The van der Waals surface area contributed by atoms with Gasteiger partial charge in [0.15, 0.2) is 5.75 Å². The van der Waals surface area contributed by atoms with E-state index >= 15 is 0 Å². The van der Waals surface area contributed by atoms with E-state index in [-0.39, 0.29) is 0 Å². The van der Waals surface area contributed by atoms with Crippen LogP contribution in [0.5, 0.6) is 5.75 Å². The summed E-state index contributed by atoms with van der Waals surface area (Å²) in [6.07, 6.45) is 0. The third-order valence-corrected chi connectivity index (χ3v) is 4.15. The van der Waals surface area contributed by atoms with Gasteiger partial charge in [-0.3, -0.25) is 9.36 Å². The third-order valence-electron chi connectivity index (χ3n) is 2.83. The van der Waals surface area contributed by atoms with Gasteiger partial charge in [0.2, 0.25) is 0 Å². The van der Waals surface area contributed by atoms with Crippen LogP contribution in [-0.4, -0.2) is 22.0 Å². The summed E-state index contributed by atoms with van der Waals surface area (Å²) in [5.41, 5.74) is 0. The topological polar surface area (TPSA) is 66.8 Å². The Morgan fingerprint density at radius 1 is 1.30 bits per heavy atom. The van der Waals surface area contributed by atoms with E-state index in [0.29, 0.717) is 5.75 Å². The van der Waals surface area contributed by atoms with Crippen molar-refractivity contribution < 1.29 is 19.3 Å². The number of carboxylic acid groups (broad SMARTS) is 1. The average molecular weight is 314 g/mol. The van der Waals surface area contributed by atoms with Crippen LogP contribution in [0.3, 0.4) is 0 Å². The van der Waals surface area contributed by atoms with Crippen LogP contribution in [0.1, 0.15) is 6.92 Å². The van der Waals surface area contributed by atoms with Crippen LogP contribution in [0.15, 0.2) is 42.5 Å². The molecule has 0 aromatic heterocycles. The Morgan fingerprint density at radius 2 is 1.95 bits per heavy atom. The molecule has 0 fully saturated rings. The molecule has 7 heteroatoms. The largest absolute Gasteiger partial charge is 0.480 e. The van der Waals surface area contributed by atoms with E-state index in [1.165, 1.54) is 6.92 Å². The highest BCUT2D eigenvalue weighted by Crippen LogP contribution is 2.37. The zero-order valence-electron chi connectivity index (χ0n) is 10.6. The van der Waals surface area contributed by atoms with Gasteiger partial charge >= 0.3 is 5.97 Å². The van der Waals surface area contributed by atoms with Crippen LogP contribution in [-0.2, 0) is 9.36 Å². The summed E-state index contributed by atoms with van der Waals surface area (Å²) >= 11 is 5.57. The molecule has 0 spiro atoms. The fourth-order valence-corrected chi connectivity index (χ4v) is 2.88. The zero-order chi connectivity index (χ0) is 14.7. The minimum atomic E-state index is -2.83. The highest BCUT2D eigenvalue weighted by molar-refractivity contribution is 7.71. The van der Waals surface area contributed by atoms with Crippen molar-refractivity contribution in [2.75, 3.05) is 0 Å². The second-order valence-electron chi connectivity index (χ2n) is 4.16. The maximum atomic E-state index is 11.5. The van der Waals surface area contributed by atoms with Crippen LogP contribution >= 0.6 is 18.5 Å². The number of halogens is 1. The summed E-state index contributed by atoms with van der Waals surface area (Å²) in [4.78, 5) is 17.3. The highest BCUT2D eigenvalue weighted by atomic mass is 35.7. The van der Waals surface area contributed by atoms with Gasteiger partial charge < -0.3 is 9.94 Å². The maximum absolute atomic E-state index is 11.5. The Morgan fingerprint density at radius 3 is 2.60 bits per heavy atom. The van der Waals surface area contributed by atoms with Crippen molar-refractivity contribution in [1.29, 1.82) is 0 Å². The van der Waals surface area contributed by atoms with Crippen molar-refractivity contribution in [2.24, 2.45) is 0 Å². The molecule has 0 saturated carbocycles. The van der Waals surface area contributed by atoms with Crippen molar-refractivity contribution in [2.45, 2.75) is 13.0 Å². The number of hydrogen-bond donors (Lipinski definition) is 1. The van der Waals surface area contributed by atoms with E-state index in [1.54, 1.807) is 12.1 Å². The molecule has 5 nitrogen and oxygen atoms in total. The van der Waals surface area contributed by atoms with Crippen molar-refractivity contribution >= 4 is 35.3 Å². The van der Waals surface area contributed by atoms with Crippen LogP contribution < -0.4 is 4.84 Å². The van der Waals surface area contributed by atoms with Gasteiger partial charge in [-0.1, -0.05) is 41.2 Å². The first-order valence-electron chi connectivity index (χ1n) is 5.88.